The first-order valence-electron chi connectivity index (χ1n) is 8.53. The molecule has 0 saturated heterocycles. The molecule has 0 fully saturated rings. The van der Waals surface area contributed by atoms with Gasteiger partial charge in [-0.25, -0.2) is 4.79 Å². The van der Waals surface area contributed by atoms with Crippen molar-refractivity contribution < 1.29 is 19.1 Å². The number of ether oxygens (including phenoxy) is 2. The smallest absolute Gasteiger partial charge is 0.346 e. The Morgan fingerprint density at radius 2 is 1.68 bits per heavy atom. The second-order valence-corrected chi connectivity index (χ2v) is 6.72. The number of esters is 1. The van der Waals surface area contributed by atoms with Crippen molar-refractivity contribution >= 4 is 47.1 Å². The van der Waals surface area contributed by atoms with E-state index in [4.69, 9.17) is 32.7 Å². The normalized spacial score (nSPS) is 15.4. The van der Waals surface area contributed by atoms with Crippen LogP contribution in [0.5, 0.6) is 0 Å². The number of Topliss-reactive ketones (excluding diaryl/α,β-unsaturated/α-hetero) is 1. The van der Waals surface area contributed by atoms with Crippen LogP contribution in [0.15, 0.2) is 71.7 Å². The van der Waals surface area contributed by atoms with Crippen LogP contribution in [0.3, 0.4) is 0 Å². The van der Waals surface area contributed by atoms with Gasteiger partial charge in [0.05, 0.1) is 6.61 Å². The highest BCUT2D eigenvalue weighted by molar-refractivity contribution is 6.31. The zero-order valence-corrected chi connectivity index (χ0v) is 16.5. The summed E-state index contributed by atoms with van der Waals surface area (Å²) in [7, 11) is 0. The van der Waals surface area contributed by atoms with Crippen LogP contribution in [0.2, 0.25) is 10.0 Å². The number of rotatable bonds is 5. The molecule has 0 atom stereocenters. The fourth-order valence-corrected chi connectivity index (χ4v) is 2.99. The molecule has 0 unspecified atom stereocenters. The summed E-state index contributed by atoms with van der Waals surface area (Å²) in [5.74, 6) is -1.12. The van der Waals surface area contributed by atoms with Crippen molar-refractivity contribution in [3.05, 3.63) is 92.9 Å². The van der Waals surface area contributed by atoms with Gasteiger partial charge < -0.3 is 9.47 Å². The maximum absolute atomic E-state index is 12.7. The predicted octanol–water partition coefficient (Wildman–Crippen LogP) is 5.46. The van der Waals surface area contributed by atoms with E-state index in [0.29, 0.717) is 15.6 Å². The first-order valence-corrected chi connectivity index (χ1v) is 9.28. The third-order valence-corrected chi connectivity index (χ3v) is 4.29. The Labute approximate surface area is 172 Å². The minimum absolute atomic E-state index is 0.0241. The molecule has 28 heavy (non-hydrogen) atoms. The highest BCUT2D eigenvalue weighted by Crippen LogP contribution is 2.29. The van der Waals surface area contributed by atoms with Crippen LogP contribution in [0.4, 0.5) is 0 Å². The summed E-state index contributed by atoms with van der Waals surface area (Å²) < 4.78 is 10.7. The van der Waals surface area contributed by atoms with Crippen LogP contribution >= 0.6 is 23.2 Å². The van der Waals surface area contributed by atoms with E-state index in [2.05, 4.69) is 0 Å². The molecule has 0 amide bonds. The van der Waals surface area contributed by atoms with E-state index in [1.54, 1.807) is 61.5 Å². The largest absolute Gasteiger partial charge is 0.462 e. The summed E-state index contributed by atoms with van der Waals surface area (Å²) in [5, 5.41) is 1.10. The van der Waals surface area contributed by atoms with Gasteiger partial charge in [0.25, 0.3) is 0 Å². The lowest BCUT2D eigenvalue weighted by Gasteiger charge is -2.01. The van der Waals surface area contributed by atoms with Gasteiger partial charge in [-0.2, -0.15) is 0 Å². The zero-order valence-electron chi connectivity index (χ0n) is 14.9. The molecule has 1 aliphatic rings. The number of allylic oxidation sites excluding steroid dienone is 2. The van der Waals surface area contributed by atoms with Crippen LogP contribution in [0, 0.1) is 0 Å². The molecule has 2 aromatic rings. The average Bonchev–Trinajstić information content (AvgIpc) is 2.96. The quantitative estimate of drug-likeness (QED) is 0.370. The maximum atomic E-state index is 12.7. The van der Waals surface area contributed by atoms with E-state index < -0.39 is 11.8 Å². The summed E-state index contributed by atoms with van der Waals surface area (Å²) in [4.78, 5) is 25.0. The highest BCUT2D eigenvalue weighted by Gasteiger charge is 2.35. The fourth-order valence-electron chi connectivity index (χ4n) is 2.59. The van der Waals surface area contributed by atoms with Gasteiger partial charge in [-0.15, -0.1) is 0 Å². The molecule has 0 bridgehead atoms. The summed E-state index contributed by atoms with van der Waals surface area (Å²) in [6, 6.07) is 14.1. The first kappa shape index (κ1) is 19.9. The molecule has 4 nitrogen and oxygen atoms in total. The van der Waals surface area contributed by atoms with Crippen molar-refractivity contribution in [2.75, 3.05) is 6.61 Å². The van der Waals surface area contributed by atoms with E-state index in [0.717, 1.165) is 5.56 Å². The highest BCUT2D eigenvalue weighted by atomic mass is 35.5. The number of benzene rings is 2. The summed E-state index contributed by atoms with van der Waals surface area (Å²) in [5.41, 5.74) is 1.33. The van der Waals surface area contributed by atoms with Crippen molar-refractivity contribution in [3.8, 4) is 0 Å². The van der Waals surface area contributed by atoms with Crippen LogP contribution in [0.1, 0.15) is 18.1 Å². The minimum atomic E-state index is -0.729. The third-order valence-electron chi connectivity index (χ3n) is 3.82. The van der Waals surface area contributed by atoms with E-state index in [-0.39, 0.29) is 23.7 Å². The van der Waals surface area contributed by atoms with Gasteiger partial charge >= 0.3 is 5.97 Å². The fraction of sp³-hybridized carbons (Fsp3) is 0.0909. The van der Waals surface area contributed by atoms with Crippen LogP contribution in [-0.4, -0.2) is 18.4 Å². The van der Waals surface area contributed by atoms with Gasteiger partial charge in [-0.05, 0) is 54.5 Å². The molecule has 0 saturated carbocycles. The van der Waals surface area contributed by atoms with Crippen molar-refractivity contribution in [2.45, 2.75) is 6.92 Å². The Bertz CT molecular complexity index is 1020. The number of hydrogen-bond acceptors (Lipinski definition) is 4. The van der Waals surface area contributed by atoms with Crippen molar-refractivity contribution in [2.24, 2.45) is 0 Å². The van der Waals surface area contributed by atoms with E-state index in [1.165, 1.54) is 6.08 Å². The Kier molecular flexibility index (Phi) is 6.34. The molecular weight excluding hydrogens is 399 g/mol. The standard InChI is InChI=1S/C22H16Cl2O4/c1-2-27-22(26)20-18(10-9-14-5-3-7-16(23)11-14)28-19(21(20)25)13-15-6-4-8-17(24)12-15/h3-13H,2H2,1H3. The molecule has 6 heteroatoms. The number of hydrogen-bond donors (Lipinski definition) is 0. The van der Waals surface area contributed by atoms with E-state index >= 15 is 0 Å². The van der Waals surface area contributed by atoms with E-state index in [1.807, 2.05) is 6.07 Å². The number of carbonyl (C=O) groups excluding carboxylic acids is 2. The van der Waals surface area contributed by atoms with Crippen molar-refractivity contribution in [3.63, 3.8) is 0 Å². The van der Waals surface area contributed by atoms with Gasteiger partial charge in [0, 0.05) is 10.0 Å². The van der Waals surface area contributed by atoms with Crippen LogP contribution in [0.25, 0.3) is 12.2 Å². The number of ketones is 1. The summed E-state index contributed by atoms with van der Waals surface area (Å²) in [6.07, 6.45) is 4.79. The maximum Gasteiger partial charge on any atom is 0.346 e. The average molecular weight is 415 g/mol. The summed E-state index contributed by atoms with van der Waals surface area (Å²) >= 11 is 12.0. The Hall–Kier alpha value is -2.82. The zero-order chi connectivity index (χ0) is 20.1. The second kappa shape index (κ2) is 8.91. The molecule has 1 heterocycles. The Morgan fingerprint density at radius 1 is 1.04 bits per heavy atom. The predicted molar refractivity (Wildman–Crippen MR) is 110 cm³/mol. The SMILES string of the molecule is CCOC(=O)C1=C(C=Cc2cccc(Cl)c2)OC(=Cc2cccc(Cl)c2)C1=O. The molecule has 1 aliphatic heterocycles. The van der Waals surface area contributed by atoms with Gasteiger partial charge in [0.1, 0.15) is 5.76 Å². The Balaban J connectivity index is 1.95. The molecular formula is C22H16Cl2O4. The lowest BCUT2D eigenvalue weighted by atomic mass is 10.1. The number of halogens is 2. The minimum Gasteiger partial charge on any atom is -0.462 e. The van der Waals surface area contributed by atoms with Crippen molar-refractivity contribution in [1.29, 1.82) is 0 Å². The van der Waals surface area contributed by atoms with E-state index in [9.17, 15) is 9.59 Å². The first-order chi connectivity index (χ1) is 13.5. The molecule has 0 radical (unpaired) electrons. The lowest BCUT2D eigenvalue weighted by Crippen LogP contribution is -2.14. The molecule has 3 rings (SSSR count). The second-order valence-electron chi connectivity index (χ2n) is 5.84. The topological polar surface area (TPSA) is 52.6 Å². The van der Waals surface area contributed by atoms with Gasteiger partial charge in [0.2, 0.25) is 5.78 Å². The monoisotopic (exact) mass is 414 g/mol. The molecule has 0 aromatic heterocycles. The molecule has 0 aliphatic carbocycles. The van der Waals surface area contributed by atoms with Crippen LogP contribution < -0.4 is 0 Å². The molecule has 2 aromatic carbocycles. The molecule has 0 spiro atoms. The molecule has 0 N–H and O–H groups in total. The number of carbonyl (C=O) groups is 2. The Morgan fingerprint density at radius 3 is 2.32 bits per heavy atom. The van der Waals surface area contributed by atoms with Gasteiger partial charge in [-0.3, -0.25) is 4.79 Å². The summed E-state index contributed by atoms with van der Waals surface area (Å²) in [6.45, 7) is 1.82. The lowest BCUT2D eigenvalue weighted by molar-refractivity contribution is -0.139. The van der Waals surface area contributed by atoms with Gasteiger partial charge in [0.15, 0.2) is 11.3 Å². The third kappa shape index (κ3) is 4.71. The molecule has 142 valence electrons. The van der Waals surface area contributed by atoms with Gasteiger partial charge in [-0.1, -0.05) is 53.5 Å². The van der Waals surface area contributed by atoms with Crippen molar-refractivity contribution in [1.82, 2.24) is 0 Å². The van der Waals surface area contributed by atoms with Crippen LogP contribution in [-0.2, 0) is 19.1 Å².